The van der Waals surface area contributed by atoms with Crippen molar-refractivity contribution in [3.05, 3.63) is 0 Å². The number of nitrogens with zero attached hydrogens (tertiary/aromatic N) is 1. The molecule has 0 bridgehead atoms. The van der Waals surface area contributed by atoms with E-state index >= 15 is 0 Å². The number of piperidine rings is 1. The highest BCUT2D eigenvalue weighted by Crippen LogP contribution is 2.16. The van der Waals surface area contributed by atoms with E-state index in [0.29, 0.717) is 38.8 Å². The molecule has 1 aliphatic heterocycles. The number of likely N-dealkylation sites (tertiary alicyclic amines) is 1. The Morgan fingerprint density at radius 1 is 1.07 bits per heavy atom. The Hall–Kier alpha value is -1.87. The third-order valence-electron chi connectivity index (χ3n) is 4.00. The lowest BCUT2D eigenvalue weighted by atomic mass is 9.97. The van der Waals surface area contributed by atoms with E-state index in [0.717, 1.165) is 12.8 Å². The van der Waals surface area contributed by atoms with E-state index in [1.165, 1.54) is 0 Å². The molecular formula is C18H33N3O6. The Bertz CT molecular complexity index is 484. The van der Waals surface area contributed by atoms with Crippen molar-refractivity contribution in [2.75, 3.05) is 53.1 Å². The fourth-order valence-electron chi connectivity index (χ4n) is 2.57. The molecule has 1 rings (SSSR count). The van der Waals surface area contributed by atoms with Crippen LogP contribution in [0.5, 0.6) is 0 Å². The Labute approximate surface area is 161 Å². The van der Waals surface area contributed by atoms with Crippen molar-refractivity contribution in [3.63, 3.8) is 0 Å². The summed E-state index contributed by atoms with van der Waals surface area (Å²) in [6, 6.07) is 0. The summed E-state index contributed by atoms with van der Waals surface area (Å²) in [5.74, 6) is 0.0370. The third-order valence-corrected chi connectivity index (χ3v) is 4.00. The monoisotopic (exact) mass is 387 g/mol. The molecule has 27 heavy (non-hydrogen) atoms. The largest absolute Gasteiger partial charge is 0.444 e. The first kappa shape index (κ1) is 23.2. The normalized spacial score (nSPS) is 15.3. The Balaban J connectivity index is 2.15. The molecule has 1 heterocycles. The van der Waals surface area contributed by atoms with E-state index in [2.05, 4.69) is 10.6 Å². The molecule has 156 valence electrons. The van der Waals surface area contributed by atoms with Gasteiger partial charge in [-0.15, -0.1) is 0 Å². The fraction of sp³-hybridized carbons (Fsp3) is 0.833. The molecule has 2 N–H and O–H groups in total. The maximum atomic E-state index is 12.0. The Kier molecular flexibility index (Phi) is 10.1. The summed E-state index contributed by atoms with van der Waals surface area (Å²) in [5, 5.41) is 5.24. The van der Waals surface area contributed by atoms with Crippen LogP contribution in [-0.4, -0.2) is 81.5 Å². The second-order valence-electron chi connectivity index (χ2n) is 7.53. The predicted octanol–water partition coefficient (Wildman–Crippen LogP) is 0.529. The van der Waals surface area contributed by atoms with Gasteiger partial charge in [-0.3, -0.25) is 9.59 Å². The van der Waals surface area contributed by atoms with Crippen LogP contribution in [0.3, 0.4) is 0 Å². The average molecular weight is 387 g/mol. The smallest absolute Gasteiger partial charge is 0.408 e. The number of hydrogen-bond donors (Lipinski definition) is 2. The van der Waals surface area contributed by atoms with Gasteiger partial charge in [0.2, 0.25) is 11.8 Å². The molecule has 0 aromatic heterocycles. The maximum absolute atomic E-state index is 12.0. The van der Waals surface area contributed by atoms with Gasteiger partial charge in [0.1, 0.15) is 12.2 Å². The van der Waals surface area contributed by atoms with Gasteiger partial charge in [-0.25, -0.2) is 4.79 Å². The highest BCUT2D eigenvalue weighted by Gasteiger charge is 2.23. The molecule has 3 amide bonds. The van der Waals surface area contributed by atoms with Crippen molar-refractivity contribution < 1.29 is 28.6 Å². The topological polar surface area (TPSA) is 106 Å². The van der Waals surface area contributed by atoms with Crippen molar-refractivity contribution in [1.29, 1.82) is 0 Å². The number of alkyl carbamates (subject to hydrolysis) is 1. The first-order valence-corrected chi connectivity index (χ1v) is 9.29. The molecule has 0 radical (unpaired) electrons. The molecule has 0 unspecified atom stereocenters. The molecule has 9 heteroatoms. The lowest BCUT2D eigenvalue weighted by Gasteiger charge is -2.32. The van der Waals surface area contributed by atoms with Crippen molar-refractivity contribution in [2.45, 2.75) is 39.2 Å². The standard InChI is InChI=1S/C18H33N3O6/c1-18(2,3)27-17(24)20-12-15(22)19-11-14-5-7-21(8-6-14)16(23)13-26-10-9-25-4/h14H,5-13H2,1-4H3,(H,19,22)(H,20,24). The minimum absolute atomic E-state index is 0.0184. The zero-order valence-corrected chi connectivity index (χ0v) is 16.8. The Morgan fingerprint density at radius 2 is 1.74 bits per heavy atom. The summed E-state index contributed by atoms with van der Waals surface area (Å²) in [6.07, 6.45) is 1.03. The van der Waals surface area contributed by atoms with Gasteiger partial charge in [0.25, 0.3) is 0 Å². The van der Waals surface area contributed by atoms with Gasteiger partial charge in [-0.1, -0.05) is 0 Å². The summed E-state index contributed by atoms with van der Waals surface area (Å²) in [5.41, 5.74) is -0.596. The first-order chi connectivity index (χ1) is 12.7. The number of hydrogen-bond acceptors (Lipinski definition) is 6. The highest BCUT2D eigenvalue weighted by atomic mass is 16.6. The Morgan fingerprint density at radius 3 is 2.33 bits per heavy atom. The highest BCUT2D eigenvalue weighted by molar-refractivity contribution is 5.82. The van der Waals surface area contributed by atoms with Gasteiger partial charge in [-0.05, 0) is 39.5 Å². The number of amides is 3. The third kappa shape index (κ3) is 10.8. The molecule has 0 atom stereocenters. The number of carbonyl (C=O) groups excluding carboxylic acids is 3. The fourth-order valence-corrected chi connectivity index (χ4v) is 2.57. The van der Waals surface area contributed by atoms with Gasteiger partial charge < -0.3 is 29.7 Å². The van der Waals surface area contributed by atoms with E-state index in [1.807, 2.05) is 0 Å². The maximum Gasteiger partial charge on any atom is 0.408 e. The van der Waals surface area contributed by atoms with Gasteiger partial charge >= 0.3 is 6.09 Å². The summed E-state index contributed by atoms with van der Waals surface area (Å²) in [7, 11) is 1.59. The van der Waals surface area contributed by atoms with Crippen molar-refractivity contribution >= 4 is 17.9 Å². The van der Waals surface area contributed by atoms with Crippen LogP contribution in [0, 0.1) is 5.92 Å². The molecule has 9 nitrogen and oxygen atoms in total. The summed E-state index contributed by atoms with van der Waals surface area (Å²) in [6.45, 7) is 7.94. The van der Waals surface area contributed by atoms with Crippen LogP contribution in [0.2, 0.25) is 0 Å². The summed E-state index contributed by atoms with van der Waals surface area (Å²) >= 11 is 0. The quantitative estimate of drug-likeness (QED) is 0.559. The van der Waals surface area contributed by atoms with Crippen molar-refractivity contribution in [2.24, 2.45) is 5.92 Å². The lowest BCUT2D eigenvalue weighted by molar-refractivity contribution is -0.138. The van der Waals surface area contributed by atoms with Crippen LogP contribution in [0.4, 0.5) is 4.79 Å². The number of carbonyl (C=O) groups is 3. The van der Waals surface area contributed by atoms with Crippen LogP contribution < -0.4 is 10.6 Å². The van der Waals surface area contributed by atoms with Crippen LogP contribution >= 0.6 is 0 Å². The van der Waals surface area contributed by atoms with E-state index < -0.39 is 11.7 Å². The summed E-state index contributed by atoms with van der Waals surface area (Å²) in [4.78, 5) is 37.1. The first-order valence-electron chi connectivity index (χ1n) is 9.29. The van der Waals surface area contributed by atoms with Gasteiger partial charge in [0.05, 0.1) is 19.8 Å². The molecular weight excluding hydrogens is 354 g/mol. The predicted molar refractivity (Wildman–Crippen MR) is 99.2 cm³/mol. The zero-order valence-electron chi connectivity index (χ0n) is 16.8. The van der Waals surface area contributed by atoms with E-state index in [4.69, 9.17) is 14.2 Å². The van der Waals surface area contributed by atoms with Crippen LogP contribution in [0.25, 0.3) is 0 Å². The minimum Gasteiger partial charge on any atom is -0.444 e. The van der Waals surface area contributed by atoms with Gasteiger partial charge in [-0.2, -0.15) is 0 Å². The van der Waals surface area contributed by atoms with Crippen molar-refractivity contribution in [1.82, 2.24) is 15.5 Å². The molecule has 0 aromatic carbocycles. The van der Waals surface area contributed by atoms with Gasteiger partial charge in [0.15, 0.2) is 0 Å². The van der Waals surface area contributed by atoms with E-state index in [-0.39, 0.29) is 25.0 Å². The molecule has 0 spiro atoms. The molecule has 1 fully saturated rings. The minimum atomic E-state index is -0.614. The SMILES string of the molecule is COCCOCC(=O)N1CCC(CNC(=O)CNC(=O)OC(C)(C)C)CC1. The second-order valence-corrected chi connectivity index (χ2v) is 7.53. The van der Waals surface area contributed by atoms with E-state index in [9.17, 15) is 14.4 Å². The van der Waals surface area contributed by atoms with Gasteiger partial charge in [0, 0.05) is 26.7 Å². The zero-order chi connectivity index (χ0) is 20.3. The van der Waals surface area contributed by atoms with Crippen molar-refractivity contribution in [3.8, 4) is 0 Å². The lowest BCUT2D eigenvalue weighted by Crippen LogP contribution is -2.44. The van der Waals surface area contributed by atoms with Crippen LogP contribution in [-0.2, 0) is 23.8 Å². The molecule has 0 aliphatic carbocycles. The van der Waals surface area contributed by atoms with Crippen LogP contribution in [0.15, 0.2) is 0 Å². The second kappa shape index (κ2) is 11.8. The summed E-state index contributed by atoms with van der Waals surface area (Å²) < 4.78 is 15.2. The molecule has 1 saturated heterocycles. The number of ether oxygens (including phenoxy) is 3. The number of nitrogens with one attached hydrogen (secondary N) is 2. The number of rotatable bonds is 9. The average Bonchev–Trinajstić information content (AvgIpc) is 2.60. The van der Waals surface area contributed by atoms with Crippen LogP contribution in [0.1, 0.15) is 33.6 Å². The molecule has 1 aliphatic rings. The molecule has 0 aromatic rings. The van der Waals surface area contributed by atoms with E-state index in [1.54, 1.807) is 32.8 Å². The molecule has 0 saturated carbocycles. The number of methoxy groups -OCH3 is 1.